The van der Waals surface area contributed by atoms with Gasteiger partial charge in [0.25, 0.3) is 0 Å². The van der Waals surface area contributed by atoms with E-state index in [0.717, 1.165) is 38.1 Å². The van der Waals surface area contributed by atoms with Crippen molar-refractivity contribution in [2.75, 3.05) is 26.2 Å². The second-order valence-electron chi connectivity index (χ2n) is 4.80. The summed E-state index contributed by atoms with van der Waals surface area (Å²) in [5.41, 5.74) is 0. The van der Waals surface area contributed by atoms with E-state index in [2.05, 4.69) is 10.6 Å². The second-order valence-corrected chi connectivity index (χ2v) is 4.80. The fourth-order valence-electron chi connectivity index (χ4n) is 2.18. The number of hydrogen-bond acceptors (Lipinski definition) is 4. The molecule has 0 atom stereocenters. The first-order valence-corrected chi connectivity index (χ1v) is 6.95. The molecule has 0 spiro atoms. The van der Waals surface area contributed by atoms with Crippen LogP contribution in [0.1, 0.15) is 25.0 Å². The Balaban J connectivity index is 1.48. The van der Waals surface area contributed by atoms with E-state index in [1.165, 1.54) is 0 Å². The van der Waals surface area contributed by atoms with Crippen molar-refractivity contribution in [1.82, 2.24) is 10.6 Å². The van der Waals surface area contributed by atoms with Crippen LogP contribution in [0, 0.1) is 5.92 Å². The van der Waals surface area contributed by atoms with E-state index >= 15 is 0 Å². The molecule has 0 radical (unpaired) electrons. The highest BCUT2D eigenvalue weighted by Crippen LogP contribution is 2.11. The predicted octanol–water partition coefficient (Wildman–Crippen LogP) is 1.30. The highest BCUT2D eigenvalue weighted by molar-refractivity contribution is 5.78. The largest absolute Gasteiger partial charge is 0.467 e. The Bertz CT molecular complexity index is 359. The second kappa shape index (κ2) is 7.96. The quantitative estimate of drug-likeness (QED) is 0.730. The zero-order valence-corrected chi connectivity index (χ0v) is 11.2. The van der Waals surface area contributed by atoms with Crippen molar-refractivity contribution in [3.05, 3.63) is 24.2 Å². The SMILES string of the molecule is O=C(NCCCOCc1ccco1)C1CCNCC1. The van der Waals surface area contributed by atoms with Crippen molar-refractivity contribution in [3.63, 3.8) is 0 Å². The van der Waals surface area contributed by atoms with Crippen molar-refractivity contribution >= 4 is 5.91 Å². The summed E-state index contributed by atoms with van der Waals surface area (Å²) >= 11 is 0. The lowest BCUT2D eigenvalue weighted by Gasteiger charge is -2.21. The molecule has 0 unspecified atom stereocenters. The predicted molar refractivity (Wildman–Crippen MR) is 71.6 cm³/mol. The van der Waals surface area contributed by atoms with Gasteiger partial charge in [-0.2, -0.15) is 0 Å². The van der Waals surface area contributed by atoms with Gasteiger partial charge in [0.15, 0.2) is 0 Å². The number of carbonyl (C=O) groups excluding carboxylic acids is 1. The van der Waals surface area contributed by atoms with Crippen LogP contribution in [-0.4, -0.2) is 32.1 Å². The van der Waals surface area contributed by atoms with Gasteiger partial charge in [-0.1, -0.05) is 0 Å². The van der Waals surface area contributed by atoms with Crippen molar-refractivity contribution < 1.29 is 13.9 Å². The summed E-state index contributed by atoms with van der Waals surface area (Å²) in [5.74, 6) is 1.21. The number of carbonyl (C=O) groups is 1. The first-order valence-electron chi connectivity index (χ1n) is 6.95. The van der Waals surface area contributed by atoms with Crippen LogP contribution in [0.15, 0.2) is 22.8 Å². The van der Waals surface area contributed by atoms with Crippen molar-refractivity contribution in [2.45, 2.75) is 25.9 Å². The zero-order valence-electron chi connectivity index (χ0n) is 11.2. The van der Waals surface area contributed by atoms with Crippen LogP contribution in [-0.2, 0) is 16.1 Å². The molecule has 1 aromatic rings. The molecule has 0 bridgehead atoms. The minimum absolute atomic E-state index is 0.185. The van der Waals surface area contributed by atoms with Crippen molar-refractivity contribution in [3.8, 4) is 0 Å². The highest BCUT2D eigenvalue weighted by Gasteiger charge is 2.19. The molecule has 5 heteroatoms. The molecule has 106 valence electrons. The third-order valence-corrected chi connectivity index (χ3v) is 3.30. The fourth-order valence-corrected chi connectivity index (χ4v) is 2.18. The van der Waals surface area contributed by atoms with E-state index in [0.29, 0.717) is 19.8 Å². The number of furan rings is 1. The number of nitrogens with one attached hydrogen (secondary N) is 2. The Hall–Kier alpha value is -1.33. The van der Waals surface area contributed by atoms with Gasteiger partial charge in [0.05, 0.1) is 6.26 Å². The molecule has 0 saturated carbocycles. The highest BCUT2D eigenvalue weighted by atomic mass is 16.5. The molecule has 1 amide bonds. The lowest BCUT2D eigenvalue weighted by molar-refractivity contribution is -0.125. The number of hydrogen-bond donors (Lipinski definition) is 2. The molecule has 2 heterocycles. The number of rotatable bonds is 7. The molecule has 0 aliphatic carbocycles. The van der Waals surface area contributed by atoms with Crippen LogP contribution in [0.5, 0.6) is 0 Å². The standard InChI is InChI=1S/C14H22N2O3/c17-14(12-4-7-15-8-5-12)16-6-2-9-18-11-13-3-1-10-19-13/h1,3,10,12,15H,2,4-9,11H2,(H,16,17). The number of ether oxygens (including phenoxy) is 1. The lowest BCUT2D eigenvalue weighted by Crippen LogP contribution is -2.38. The Morgan fingerprint density at radius 2 is 2.32 bits per heavy atom. The van der Waals surface area contributed by atoms with Gasteiger partial charge in [-0.15, -0.1) is 0 Å². The molecular formula is C14H22N2O3. The molecule has 1 aliphatic rings. The van der Waals surface area contributed by atoms with Crippen LogP contribution < -0.4 is 10.6 Å². The van der Waals surface area contributed by atoms with Gasteiger partial charge in [0, 0.05) is 19.1 Å². The zero-order chi connectivity index (χ0) is 13.3. The summed E-state index contributed by atoms with van der Waals surface area (Å²) in [7, 11) is 0. The molecule has 2 N–H and O–H groups in total. The molecule has 5 nitrogen and oxygen atoms in total. The van der Waals surface area contributed by atoms with Crippen LogP contribution in [0.2, 0.25) is 0 Å². The summed E-state index contributed by atoms with van der Waals surface area (Å²) in [6.45, 7) is 3.71. The van der Waals surface area contributed by atoms with Crippen LogP contribution >= 0.6 is 0 Å². The van der Waals surface area contributed by atoms with Gasteiger partial charge in [-0.25, -0.2) is 0 Å². The number of amides is 1. The topological polar surface area (TPSA) is 63.5 Å². The lowest BCUT2D eigenvalue weighted by atomic mass is 9.97. The Kier molecular flexibility index (Phi) is 5.91. The Morgan fingerprint density at radius 3 is 3.05 bits per heavy atom. The van der Waals surface area contributed by atoms with Crippen LogP contribution in [0.25, 0.3) is 0 Å². The molecule has 1 aliphatic heterocycles. The first-order chi connectivity index (χ1) is 9.36. The number of piperidine rings is 1. The van der Waals surface area contributed by atoms with Gasteiger partial charge in [0.2, 0.25) is 5.91 Å². The monoisotopic (exact) mass is 266 g/mol. The summed E-state index contributed by atoms with van der Waals surface area (Å²) in [4.78, 5) is 11.8. The normalized spacial score (nSPS) is 16.4. The summed E-state index contributed by atoms with van der Waals surface area (Å²) < 4.78 is 10.6. The first kappa shape index (κ1) is 14.1. The Labute approximate surface area is 113 Å². The Morgan fingerprint density at radius 1 is 1.47 bits per heavy atom. The van der Waals surface area contributed by atoms with E-state index in [1.54, 1.807) is 6.26 Å². The van der Waals surface area contributed by atoms with Crippen molar-refractivity contribution in [1.29, 1.82) is 0 Å². The van der Waals surface area contributed by atoms with E-state index in [4.69, 9.17) is 9.15 Å². The maximum atomic E-state index is 11.8. The molecule has 19 heavy (non-hydrogen) atoms. The molecule has 0 aromatic carbocycles. The van der Waals surface area contributed by atoms with Gasteiger partial charge in [-0.05, 0) is 44.5 Å². The third kappa shape index (κ3) is 5.04. The molecule has 1 aromatic heterocycles. The molecule has 2 rings (SSSR count). The van der Waals surface area contributed by atoms with E-state index in [1.807, 2.05) is 12.1 Å². The maximum absolute atomic E-state index is 11.8. The average Bonchev–Trinajstić information content (AvgIpc) is 2.96. The van der Waals surface area contributed by atoms with Crippen LogP contribution in [0.4, 0.5) is 0 Å². The summed E-state index contributed by atoms with van der Waals surface area (Å²) in [6.07, 6.45) is 4.36. The minimum Gasteiger partial charge on any atom is -0.467 e. The molecule has 1 fully saturated rings. The minimum atomic E-state index is 0.185. The van der Waals surface area contributed by atoms with Gasteiger partial charge in [-0.3, -0.25) is 4.79 Å². The van der Waals surface area contributed by atoms with E-state index in [-0.39, 0.29) is 11.8 Å². The van der Waals surface area contributed by atoms with E-state index in [9.17, 15) is 4.79 Å². The average molecular weight is 266 g/mol. The van der Waals surface area contributed by atoms with Gasteiger partial charge >= 0.3 is 0 Å². The molecule has 1 saturated heterocycles. The van der Waals surface area contributed by atoms with E-state index < -0.39 is 0 Å². The van der Waals surface area contributed by atoms with Gasteiger partial charge in [0.1, 0.15) is 12.4 Å². The smallest absolute Gasteiger partial charge is 0.223 e. The fraction of sp³-hybridized carbons (Fsp3) is 0.643. The van der Waals surface area contributed by atoms with Gasteiger partial charge < -0.3 is 19.8 Å². The molecular weight excluding hydrogens is 244 g/mol. The van der Waals surface area contributed by atoms with Crippen LogP contribution in [0.3, 0.4) is 0 Å². The van der Waals surface area contributed by atoms with Crippen molar-refractivity contribution in [2.24, 2.45) is 5.92 Å². The summed E-state index contributed by atoms with van der Waals surface area (Å²) in [6, 6.07) is 3.73. The third-order valence-electron chi connectivity index (χ3n) is 3.30. The maximum Gasteiger partial charge on any atom is 0.223 e. The summed E-state index contributed by atoms with van der Waals surface area (Å²) in [5, 5.41) is 6.23.